The topological polar surface area (TPSA) is 90.9 Å². The van der Waals surface area contributed by atoms with Gasteiger partial charge in [0.05, 0.1) is 29.4 Å². The number of benzene rings is 1. The number of halogens is 1. The van der Waals surface area contributed by atoms with Gasteiger partial charge in [-0.15, -0.1) is 0 Å². The summed E-state index contributed by atoms with van der Waals surface area (Å²) in [6.07, 6.45) is -3.08. The highest BCUT2D eigenvalue weighted by Crippen LogP contribution is 2.16. The molecule has 5 nitrogen and oxygen atoms in total. The Bertz CT molecular complexity index is 626. The molecule has 0 spiro atoms. The second-order valence-electron chi connectivity index (χ2n) is 4.20. The molecular formula is C14H11FN2O3. The van der Waals surface area contributed by atoms with Crippen LogP contribution in [0.4, 0.5) is 4.39 Å². The average Bonchev–Trinajstić information content (AvgIpc) is 2.44. The first kappa shape index (κ1) is 15.3. The molecule has 0 radical (unpaired) electrons. The number of nitrogens with zero attached hydrogens (tertiary/aromatic N) is 2. The van der Waals surface area contributed by atoms with Gasteiger partial charge in [0.1, 0.15) is 0 Å². The minimum absolute atomic E-state index is 0.0942. The van der Waals surface area contributed by atoms with E-state index in [1.54, 1.807) is 12.1 Å². The lowest BCUT2D eigenvalue weighted by atomic mass is 9.99. The summed E-state index contributed by atoms with van der Waals surface area (Å²) in [5.74, 6) is -2.50. The van der Waals surface area contributed by atoms with E-state index in [1.807, 2.05) is 0 Å². The second kappa shape index (κ2) is 6.44. The lowest BCUT2D eigenvalue weighted by Gasteiger charge is -2.11. The molecule has 0 fully saturated rings. The van der Waals surface area contributed by atoms with Gasteiger partial charge in [0.25, 0.3) is 6.17 Å². The zero-order valence-corrected chi connectivity index (χ0v) is 10.9. The average molecular weight is 274 g/mol. The van der Waals surface area contributed by atoms with E-state index in [0.29, 0.717) is 0 Å². The van der Waals surface area contributed by atoms with Crippen molar-refractivity contribution in [1.29, 1.82) is 10.5 Å². The van der Waals surface area contributed by atoms with Crippen molar-refractivity contribution in [1.82, 2.24) is 0 Å². The van der Waals surface area contributed by atoms with Crippen molar-refractivity contribution in [2.24, 2.45) is 0 Å². The van der Waals surface area contributed by atoms with Gasteiger partial charge >= 0.3 is 5.97 Å². The smallest absolute Gasteiger partial charge is 0.349 e. The van der Waals surface area contributed by atoms with Gasteiger partial charge in [-0.1, -0.05) is 0 Å². The summed E-state index contributed by atoms with van der Waals surface area (Å²) in [7, 11) is 0. The monoisotopic (exact) mass is 274 g/mol. The number of Topliss-reactive ketones (excluding diaryl/α,β-unsaturated/α-hetero) is 1. The third kappa shape index (κ3) is 3.39. The van der Waals surface area contributed by atoms with Crippen LogP contribution in [-0.2, 0) is 9.53 Å². The molecule has 0 bridgehead atoms. The third-order valence-electron chi connectivity index (χ3n) is 2.32. The zero-order valence-electron chi connectivity index (χ0n) is 10.9. The Morgan fingerprint density at radius 3 is 2.40 bits per heavy atom. The number of carbonyl (C=O) groups is 2. The van der Waals surface area contributed by atoms with Crippen LogP contribution in [0.25, 0.3) is 0 Å². The fourth-order valence-electron chi connectivity index (χ4n) is 1.45. The Hall–Kier alpha value is -2.73. The van der Waals surface area contributed by atoms with Gasteiger partial charge in [-0.3, -0.25) is 4.79 Å². The molecule has 1 rings (SSSR count). The van der Waals surface area contributed by atoms with Crippen LogP contribution in [0.1, 0.15) is 35.3 Å². The van der Waals surface area contributed by atoms with E-state index in [9.17, 15) is 14.0 Å². The van der Waals surface area contributed by atoms with Crippen molar-refractivity contribution in [2.75, 3.05) is 0 Å². The molecule has 0 aliphatic rings. The Labute approximate surface area is 115 Å². The molecule has 0 saturated carbocycles. The highest BCUT2D eigenvalue weighted by Gasteiger charge is 2.31. The number of nitriles is 2. The number of rotatable bonds is 4. The number of hydrogen-bond acceptors (Lipinski definition) is 5. The summed E-state index contributed by atoms with van der Waals surface area (Å²) in [6.45, 7) is 3.04. The number of ketones is 1. The Morgan fingerprint density at radius 1 is 1.25 bits per heavy atom. The molecule has 1 unspecified atom stereocenters. The fraction of sp³-hybridized carbons (Fsp3) is 0.286. The molecule has 0 N–H and O–H groups in total. The van der Waals surface area contributed by atoms with Crippen molar-refractivity contribution in [3.8, 4) is 12.1 Å². The van der Waals surface area contributed by atoms with Gasteiger partial charge in [-0.05, 0) is 32.0 Å². The number of alkyl halides is 1. The van der Waals surface area contributed by atoms with Crippen molar-refractivity contribution < 1.29 is 18.7 Å². The SMILES string of the molecule is CC(C)OC(=O)C(F)C(=O)c1cc(C#N)ccc1C#N. The summed E-state index contributed by atoms with van der Waals surface area (Å²) in [4.78, 5) is 23.2. The second-order valence-corrected chi connectivity index (χ2v) is 4.20. The lowest BCUT2D eigenvalue weighted by molar-refractivity contribution is -0.151. The van der Waals surface area contributed by atoms with E-state index >= 15 is 0 Å². The van der Waals surface area contributed by atoms with Crippen LogP contribution in [0, 0.1) is 22.7 Å². The van der Waals surface area contributed by atoms with Crippen LogP contribution >= 0.6 is 0 Å². The summed E-state index contributed by atoms with van der Waals surface area (Å²) < 4.78 is 18.4. The van der Waals surface area contributed by atoms with Crippen molar-refractivity contribution in [3.63, 3.8) is 0 Å². The van der Waals surface area contributed by atoms with Gasteiger partial charge in [0, 0.05) is 5.56 Å². The maximum atomic E-state index is 13.8. The minimum atomic E-state index is -2.52. The molecule has 102 valence electrons. The predicted molar refractivity (Wildman–Crippen MR) is 66.3 cm³/mol. The highest BCUT2D eigenvalue weighted by molar-refractivity contribution is 6.12. The maximum Gasteiger partial charge on any atom is 0.349 e. The van der Waals surface area contributed by atoms with Crippen molar-refractivity contribution in [2.45, 2.75) is 26.1 Å². The van der Waals surface area contributed by atoms with Crippen molar-refractivity contribution in [3.05, 3.63) is 34.9 Å². The molecule has 0 heterocycles. The van der Waals surface area contributed by atoms with Crippen LogP contribution in [-0.4, -0.2) is 24.0 Å². The molecule has 0 aliphatic heterocycles. The maximum absolute atomic E-state index is 13.8. The van der Waals surface area contributed by atoms with Crippen molar-refractivity contribution >= 4 is 11.8 Å². The van der Waals surface area contributed by atoms with Crippen LogP contribution in [0.3, 0.4) is 0 Å². The summed E-state index contributed by atoms with van der Waals surface area (Å²) >= 11 is 0. The van der Waals surface area contributed by atoms with Gasteiger partial charge in [0.15, 0.2) is 0 Å². The van der Waals surface area contributed by atoms with Gasteiger partial charge in [-0.25, -0.2) is 9.18 Å². The van der Waals surface area contributed by atoms with E-state index in [2.05, 4.69) is 4.74 Å². The van der Waals surface area contributed by atoms with Gasteiger partial charge in [0.2, 0.25) is 5.78 Å². The minimum Gasteiger partial charge on any atom is -0.460 e. The summed E-state index contributed by atoms with van der Waals surface area (Å²) in [5.41, 5.74) is -0.314. The first-order valence-electron chi connectivity index (χ1n) is 5.73. The molecule has 1 atom stereocenters. The summed E-state index contributed by atoms with van der Waals surface area (Å²) in [6, 6.07) is 7.12. The van der Waals surface area contributed by atoms with Gasteiger partial charge < -0.3 is 4.74 Å². The first-order valence-corrected chi connectivity index (χ1v) is 5.73. The number of ether oxygens (including phenoxy) is 1. The quantitative estimate of drug-likeness (QED) is 0.475. The molecule has 0 amide bonds. The molecule has 0 saturated heterocycles. The molecule has 0 aromatic heterocycles. The standard InChI is InChI=1S/C14H11FN2O3/c1-8(2)20-14(19)12(15)13(18)11-5-9(6-16)3-4-10(11)7-17/h3-5,8,12H,1-2H3. The van der Waals surface area contributed by atoms with E-state index in [-0.39, 0.29) is 16.7 Å². The summed E-state index contributed by atoms with van der Waals surface area (Å²) in [5, 5.41) is 17.6. The Kier molecular flexibility index (Phi) is 4.94. The van der Waals surface area contributed by atoms with Gasteiger partial charge in [-0.2, -0.15) is 10.5 Å². The third-order valence-corrected chi connectivity index (χ3v) is 2.32. The van der Waals surface area contributed by atoms with Crippen LogP contribution in [0.5, 0.6) is 0 Å². The Morgan fingerprint density at radius 2 is 1.90 bits per heavy atom. The molecule has 0 aliphatic carbocycles. The number of esters is 1. The van der Waals surface area contributed by atoms with E-state index in [4.69, 9.17) is 10.5 Å². The van der Waals surface area contributed by atoms with E-state index in [0.717, 1.165) is 6.07 Å². The molecule has 1 aromatic rings. The highest BCUT2D eigenvalue weighted by atomic mass is 19.1. The number of hydrogen-bond donors (Lipinski definition) is 0. The fourth-order valence-corrected chi connectivity index (χ4v) is 1.45. The normalized spacial score (nSPS) is 11.3. The lowest BCUT2D eigenvalue weighted by Crippen LogP contribution is -2.30. The largest absolute Gasteiger partial charge is 0.460 e. The number of carbonyl (C=O) groups excluding carboxylic acids is 2. The van der Waals surface area contributed by atoms with Crippen LogP contribution in [0.2, 0.25) is 0 Å². The predicted octanol–water partition coefficient (Wildman–Crippen LogP) is 1.90. The molecule has 1 aromatic carbocycles. The Balaban J connectivity index is 3.12. The molecular weight excluding hydrogens is 263 g/mol. The first-order chi connectivity index (χ1) is 9.40. The van der Waals surface area contributed by atoms with Crippen LogP contribution in [0.15, 0.2) is 18.2 Å². The zero-order chi connectivity index (χ0) is 15.3. The van der Waals surface area contributed by atoms with E-state index < -0.39 is 24.0 Å². The molecule has 6 heteroatoms. The van der Waals surface area contributed by atoms with Crippen LogP contribution < -0.4 is 0 Å². The van der Waals surface area contributed by atoms with E-state index in [1.165, 1.54) is 26.0 Å². The molecule has 20 heavy (non-hydrogen) atoms.